The zero-order chi connectivity index (χ0) is 30.7. The molecule has 0 aliphatic heterocycles. The Morgan fingerprint density at radius 2 is 0.696 bits per heavy atom. The van der Waals surface area contributed by atoms with Gasteiger partial charge >= 0.3 is 0 Å². The highest BCUT2D eigenvalue weighted by Gasteiger charge is 2.15. The Morgan fingerprint density at radius 1 is 0.283 bits per heavy atom. The maximum Gasteiger partial charge on any atom is 0.164 e. The molecule has 0 aliphatic carbocycles. The van der Waals surface area contributed by atoms with Crippen LogP contribution in [0.15, 0.2) is 158 Å². The Kier molecular flexibility index (Phi) is 7.05. The minimum Gasteiger partial charge on any atom is -0.265 e. The zero-order valence-corrected chi connectivity index (χ0v) is 24.7. The number of aromatic nitrogens is 6. The summed E-state index contributed by atoms with van der Waals surface area (Å²) in [6.45, 7) is 0. The van der Waals surface area contributed by atoms with Crippen molar-refractivity contribution in [1.82, 2.24) is 29.9 Å². The molecule has 0 amide bonds. The summed E-state index contributed by atoms with van der Waals surface area (Å²) >= 11 is 0. The summed E-state index contributed by atoms with van der Waals surface area (Å²) in [4.78, 5) is 29.0. The topological polar surface area (TPSA) is 77.3 Å². The molecule has 0 spiro atoms. The Morgan fingerprint density at radius 3 is 1.24 bits per heavy atom. The minimum atomic E-state index is 0.624. The van der Waals surface area contributed by atoms with Gasteiger partial charge in [-0.3, -0.25) is 4.98 Å². The molecule has 3 aromatic heterocycles. The fourth-order valence-corrected chi connectivity index (χ4v) is 5.49. The minimum absolute atomic E-state index is 0.624. The molecule has 0 fully saturated rings. The largest absolute Gasteiger partial charge is 0.265 e. The summed E-state index contributed by atoms with van der Waals surface area (Å²) in [6, 6.07) is 48.7. The van der Waals surface area contributed by atoms with Crippen molar-refractivity contribution in [2.75, 3.05) is 0 Å². The Balaban J connectivity index is 1.18. The smallest absolute Gasteiger partial charge is 0.164 e. The fraction of sp³-hybridized carbons (Fsp3) is 0. The van der Waals surface area contributed by atoms with Crippen molar-refractivity contribution in [2.24, 2.45) is 0 Å². The monoisotopic (exact) mass is 590 g/mol. The molecule has 0 N–H and O–H groups in total. The quantitative estimate of drug-likeness (QED) is 0.192. The lowest BCUT2D eigenvalue weighted by Gasteiger charge is -2.12. The average molecular weight is 591 g/mol. The van der Waals surface area contributed by atoms with E-state index in [1.54, 1.807) is 12.4 Å². The van der Waals surface area contributed by atoms with Crippen molar-refractivity contribution in [3.8, 4) is 67.8 Å². The first-order chi connectivity index (χ1) is 22.8. The van der Waals surface area contributed by atoms with Crippen molar-refractivity contribution in [1.29, 1.82) is 0 Å². The van der Waals surface area contributed by atoms with E-state index in [-0.39, 0.29) is 0 Å². The van der Waals surface area contributed by atoms with Crippen LogP contribution in [0.3, 0.4) is 0 Å². The first-order valence-electron chi connectivity index (χ1n) is 15.0. The molecule has 6 heteroatoms. The lowest BCUT2D eigenvalue weighted by atomic mass is 10.0. The average Bonchev–Trinajstić information content (AvgIpc) is 3.15. The van der Waals surface area contributed by atoms with E-state index in [0.717, 1.165) is 61.4 Å². The van der Waals surface area contributed by atoms with E-state index >= 15 is 0 Å². The summed E-state index contributed by atoms with van der Waals surface area (Å²) in [6.07, 6.45) is 3.57. The Hall–Kier alpha value is -6.40. The second-order valence-electron chi connectivity index (χ2n) is 10.8. The maximum absolute atomic E-state index is 5.13. The summed E-state index contributed by atoms with van der Waals surface area (Å²) in [7, 11) is 0. The lowest BCUT2D eigenvalue weighted by Crippen LogP contribution is -2.00. The number of benzene rings is 5. The second kappa shape index (κ2) is 11.9. The predicted molar refractivity (Wildman–Crippen MR) is 183 cm³/mol. The highest BCUT2D eigenvalue weighted by Crippen LogP contribution is 2.33. The van der Waals surface area contributed by atoms with E-state index in [1.807, 2.05) is 97.1 Å². The Bertz CT molecular complexity index is 2220. The van der Waals surface area contributed by atoms with E-state index in [2.05, 4.69) is 53.5 Å². The molecule has 0 bridgehead atoms. The molecule has 0 saturated carbocycles. The molecule has 0 unspecified atom stereocenters. The highest BCUT2D eigenvalue weighted by molar-refractivity contribution is 5.88. The summed E-state index contributed by atoms with van der Waals surface area (Å²) in [5, 5.41) is 0. The number of nitrogens with zero attached hydrogens (tertiary/aromatic N) is 6. The van der Waals surface area contributed by atoms with Crippen LogP contribution in [0.2, 0.25) is 0 Å². The van der Waals surface area contributed by atoms with Crippen molar-refractivity contribution in [2.45, 2.75) is 0 Å². The molecule has 0 radical (unpaired) electrons. The van der Waals surface area contributed by atoms with Gasteiger partial charge in [-0.1, -0.05) is 121 Å². The van der Waals surface area contributed by atoms with Crippen LogP contribution in [0.5, 0.6) is 0 Å². The molecular weight excluding hydrogens is 564 g/mol. The number of rotatable bonds is 6. The third-order valence-corrected chi connectivity index (χ3v) is 7.84. The van der Waals surface area contributed by atoms with Gasteiger partial charge in [0.1, 0.15) is 0 Å². The number of hydrogen-bond acceptors (Lipinski definition) is 6. The molecular formula is C40H26N6. The first kappa shape index (κ1) is 27.2. The molecule has 0 atom stereocenters. The van der Waals surface area contributed by atoms with Crippen LogP contribution in [0, 0.1) is 0 Å². The van der Waals surface area contributed by atoms with Gasteiger partial charge in [-0.15, -0.1) is 0 Å². The third kappa shape index (κ3) is 5.40. The summed E-state index contributed by atoms with van der Waals surface area (Å²) in [5.41, 5.74) is 10.2. The molecule has 8 aromatic rings. The van der Waals surface area contributed by atoms with Crippen LogP contribution in [-0.2, 0) is 0 Å². The van der Waals surface area contributed by atoms with Gasteiger partial charge in [-0.2, -0.15) is 0 Å². The van der Waals surface area contributed by atoms with Crippen molar-refractivity contribution in [3.63, 3.8) is 0 Å². The van der Waals surface area contributed by atoms with Gasteiger partial charge in [-0.25, -0.2) is 24.9 Å². The van der Waals surface area contributed by atoms with E-state index in [4.69, 9.17) is 24.9 Å². The second-order valence-corrected chi connectivity index (χ2v) is 10.8. The molecule has 0 saturated heterocycles. The van der Waals surface area contributed by atoms with Crippen LogP contribution in [-0.4, -0.2) is 29.9 Å². The highest BCUT2D eigenvalue weighted by atomic mass is 15.0. The summed E-state index contributed by atoms with van der Waals surface area (Å²) < 4.78 is 0. The number of pyridine rings is 1. The van der Waals surface area contributed by atoms with Crippen LogP contribution in [0.25, 0.3) is 78.8 Å². The van der Waals surface area contributed by atoms with Gasteiger partial charge in [0.2, 0.25) is 0 Å². The number of hydrogen-bond donors (Lipinski definition) is 0. The van der Waals surface area contributed by atoms with Gasteiger partial charge in [-0.05, 0) is 35.4 Å². The first-order valence-corrected chi connectivity index (χ1v) is 15.0. The van der Waals surface area contributed by atoms with Gasteiger partial charge in [0, 0.05) is 40.2 Å². The van der Waals surface area contributed by atoms with Gasteiger partial charge in [0.05, 0.1) is 22.4 Å². The SMILES string of the molecule is c1ccc(-c2nc(-c3ccccc3)nc(-c3ccc(-c4ccc5nc(-c6ccccc6)c(-c6ccncc6)nc5c4)cc3)n2)cc1. The van der Waals surface area contributed by atoms with Crippen LogP contribution in [0.1, 0.15) is 0 Å². The number of fused-ring (bicyclic) bond motifs is 1. The van der Waals surface area contributed by atoms with E-state index in [1.165, 1.54) is 0 Å². The normalized spacial score (nSPS) is 11.0. The van der Waals surface area contributed by atoms with Crippen molar-refractivity contribution in [3.05, 3.63) is 158 Å². The molecule has 3 heterocycles. The van der Waals surface area contributed by atoms with E-state index < -0.39 is 0 Å². The van der Waals surface area contributed by atoms with E-state index in [0.29, 0.717) is 17.5 Å². The standard InChI is InChI=1S/C40H26N6/c1-4-10-28(11-5-1)36-37(29-22-24-41-25-23-29)43-35-26-33(20-21-34(35)42-36)27-16-18-32(19-17-27)40-45-38(30-12-6-2-7-13-30)44-39(46-40)31-14-8-3-9-15-31/h1-26H. The Labute approximate surface area is 266 Å². The molecule has 5 aromatic carbocycles. The molecule has 8 rings (SSSR count). The third-order valence-electron chi connectivity index (χ3n) is 7.84. The molecule has 46 heavy (non-hydrogen) atoms. The van der Waals surface area contributed by atoms with Crippen molar-refractivity contribution < 1.29 is 0 Å². The lowest BCUT2D eigenvalue weighted by molar-refractivity contribution is 1.07. The fourth-order valence-electron chi connectivity index (χ4n) is 5.49. The van der Waals surface area contributed by atoms with E-state index in [9.17, 15) is 0 Å². The zero-order valence-electron chi connectivity index (χ0n) is 24.7. The predicted octanol–water partition coefficient (Wildman–Crippen LogP) is 9.21. The summed E-state index contributed by atoms with van der Waals surface area (Å²) in [5.74, 6) is 1.90. The van der Waals surface area contributed by atoms with Gasteiger partial charge < -0.3 is 0 Å². The van der Waals surface area contributed by atoms with Crippen molar-refractivity contribution >= 4 is 11.0 Å². The molecule has 6 nitrogen and oxygen atoms in total. The van der Waals surface area contributed by atoms with Crippen LogP contribution >= 0.6 is 0 Å². The van der Waals surface area contributed by atoms with Crippen LogP contribution < -0.4 is 0 Å². The van der Waals surface area contributed by atoms with Crippen LogP contribution in [0.4, 0.5) is 0 Å². The molecule has 216 valence electrons. The molecule has 0 aliphatic rings. The van der Waals surface area contributed by atoms with Gasteiger partial charge in [0.15, 0.2) is 17.5 Å². The van der Waals surface area contributed by atoms with Gasteiger partial charge in [0.25, 0.3) is 0 Å². The maximum atomic E-state index is 5.13.